The van der Waals surface area contributed by atoms with Crippen molar-refractivity contribution in [3.05, 3.63) is 23.7 Å². The van der Waals surface area contributed by atoms with Crippen molar-refractivity contribution in [3.8, 4) is 0 Å². The highest BCUT2D eigenvalue weighted by molar-refractivity contribution is 7.98. The molecular formula is C10H15NO3S. The summed E-state index contributed by atoms with van der Waals surface area (Å²) in [5, 5.41) is 8.86. The SMILES string of the molecule is CSCCN(C)Cc1occc1C(=O)O. The first-order chi connectivity index (χ1) is 7.15. The lowest BCUT2D eigenvalue weighted by molar-refractivity contribution is 0.0693. The van der Waals surface area contributed by atoms with Gasteiger partial charge in [0, 0.05) is 12.3 Å². The highest BCUT2D eigenvalue weighted by atomic mass is 32.2. The molecule has 1 heterocycles. The first-order valence-corrected chi connectivity index (χ1v) is 6.01. The van der Waals surface area contributed by atoms with Crippen LogP contribution in [0.1, 0.15) is 16.1 Å². The number of hydrogen-bond acceptors (Lipinski definition) is 4. The Labute approximate surface area is 93.3 Å². The maximum absolute atomic E-state index is 10.8. The predicted molar refractivity (Wildman–Crippen MR) is 60.4 cm³/mol. The first-order valence-electron chi connectivity index (χ1n) is 4.62. The fourth-order valence-electron chi connectivity index (χ4n) is 1.22. The van der Waals surface area contributed by atoms with Gasteiger partial charge in [-0.25, -0.2) is 4.79 Å². The van der Waals surface area contributed by atoms with Crippen LogP contribution in [0, 0.1) is 0 Å². The number of nitrogens with zero attached hydrogens (tertiary/aromatic N) is 1. The molecule has 1 aromatic heterocycles. The molecule has 1 aromatic rings. The molecule has 0 aliphatic heterocycles. The molecule has 0 saturated carbocycles. The van der Waals surface area contributed by atoms with Crippen LogP contribution >= 0.6 is 11.8 Å². The van der Waals surface area contributed by atoms with Gasteiger partial charge in [0.2, 0.25) is 0 Å². The summed E-state index contributed by atoms with van der Waals surface area (Å²) in [6, 6.07) is 1.49. The third-order valence-corrected chi connectivity index (χ3v) is 2.66. The molecule has 1 N–H and O–H groups in total. The maximum atomic E-state index is 10.8. The van der Waals surface area contributed by atoms with Crippen molar-refractivity contribution in [1.82, 2.24) is 4.90 Å². The van der Waals surface area contributed by atoms with E-state index in [0.29, 0.717) is 12.3 Å². The summed E-state index contributed by atoms with van der Waals surface area (Å²) in [6.07, 6.45) is 3.46. The van der Waals surface area contributed by atoms with E-state index in [4.69, 9.17) is 9.52 Å². The average molecular weight is 229 g/mol. The molecule has 0 atom stereocenters. The van der Waals surface area contributed by atoms with Crippen LogP contribution in [0.15, 0.2) is 16.7 Å². The third-order valence-electron chi connectivity index (χ3n) is 2.07. The molecule has 5 heteroatoms. The van der Waals surface area contributed by atoms with E-state index in [9.17, 15) is 4.79 Å². The van der Waals surface area contributed by atoms with Gasteiger partial charge in [0.1, 0.15) is 11.3 Å². The molecule has 0 bridgehead atoms. The van der Waals surface area contributed by atoms with E-state index < -0.39 is 5.97 Å². The monoisotopic (exact) mass is 229 g/mol. The van der Waals surface area contributed by atoms with Crippen LogP contribution in [0.5, 0.6) is 0 Å². The van der Waals surface area contributed by atoms with Crippen molar-refractivity contribution in [2.24, 2.45) is 0 Å². The van der Waals surface area contributed by atoms with Gasteiger partial charge < -0.3 is 9.52 Å². The third kappa shape index (κ3) is 3.60. The number of hydrogen-bond donors (Lipinski definition) is 1. The Hall–Kier alpha value is -0.940. The van der Waals surface area contributed by atoms with E-state index >= 15 is 0 Å². The fourth-order valence-corrected chi connectivity index (χ4v) is 1.72. The largest absolute Gasteiger partial charge is 0.478 e. The lowest BCUT2D eigenvalue weighted by atomic mass is 10.2. The highest BCUT2D eigenvalue weighted by Gasteiger charge is 2.14. The van der Waals surface area contributed by atoms with Gasteiger partial charge in [0.05, 0.1) is 12.8 Å². The summed E-state index contributed by atoms with van der Waals surface area (Å²) >= 11 is 1.76. The standard InChI is InChI=1S/C10H15NO3S/c1-11(4-6-15-2)7-9-8(10(12)13)3-5-14-9/h3,5H,4,6-7H2,1-2H3,(H,12,13). The minimum Gasteiger partial charge on any atom is -0.478 e. The van der Waals surface area contributed by atoms with Crippen molar-refractivity contribution in [1.29, 1.82) is 0 Å². The van der Waals surface area contributed by atoms with Gasteiger partial charge in [-0.2, -0.15) is 11.8 Å². The molecule has 0 saturated heterocycles. The molecule has 84 valence electrons. The lowest BCUT2D eigenvalue weighted by Gasteiger charge is -2.14. The Morgan fingerprint density at radius 2 is 2.40 bits per heavy atom. The normalized spacial score (nSPS) is 10.9. The maximum Gasteiger partial charge on any atom is 0.339 e. The van der Waals surface area contributed by atoms with Crippen molar-refractivity contribution in [2.75, 3.05) is 25.6 Å². The number of carboxylic acids is 1. The number of aromatic carboxylic acids is 1. The Morgan fingerprint density at radius 1 is 1.67 bits per heavy atom. The molecule has 0 unspecified atom stereocenters. The molecule has 0 aliphatic rings. The Bertz CT molecular complexity index is 324. The Balaban J connectivity index is 2.56. The second-order valence-corrected chi connectivity index (χ2v) is 4.28. The van der Waals surface area contributed by atoms with E-state index in [1.54, 1.807) is 11.8 Å². The minimum absolute atomic E-state index is 0.256. The van der Waals surface area contributed by atoms with Crippen LogP contribution in [0.2, 0.25) is 0 Å². The summed E-state index contributed by atoms with van der Waals surface area (Å²) in [7, 11) is 1.95. The van der Waals surface area contributed by atoms with Gasteiger partial charge in [-0.05, 0) is 19.4 Å². The second-order valence-electron chi connectivity index (χ2n) is 3.29. The highest BCUT2D eigenvalue weighted by Crippen LogP contribution is 2.12. The zero-order chi connectivity index (χ0) is 11.3. The van der Waals surface area contributed by atoms with Gasteiger partial charge in [0.15, 0.2) is 0 Å². The summed E-state index contributed by atoms with van der Waals surface area (Å²) in [5.41, 5.74) is 0.256. The topological polar surface area (TPSA) is 53.7 Å². The van der Waals surface area contributed by atoms with E-state index in [1.807, 2.05) is 18.2 Å². The van der Waals surface area contributed by atoms with Crippen molar-refractivity contribution >= 4 is 17.7 Å². The molecule has 0 aliphatic carbocycles. The zero-order valence-electron chi connectivity index (χ0n) is 8.90. The molecule has 0 spiro atoms. The van der Waals surface area contributed by atoms with Crippen molar-refractivity contribution < 1.29 is 14.3 Å². The number of carboxylic acid groups (broad SMARTS) is 1. The quantitative estimate of drug-likeness (QED) is 0.805. The van der Waals surface area contributed by atoms with Gasteiger partial charge >= 0.3 is 5.97 Å². The summed E-state index contributed by atoms with van der Waals surface area (Å²) < 4.78 is 5.15. The van der Waals surface area contributed by atoms with Crippen molar-refractivity contribution in [2.45, 2.75) is 6.54 Å². The average Bonchev–Trinajstić information content (AvgIpc) is 2.62. The lowest BCUT2D eigenvalue weighted by Crippen LogP contribution is -2.21. The molecule has 0 radical (unpaired) electrons. The number of carbonyl (C=O) groups is 1. The summed E-state index contributed by atoms with van der Waals surface area (Å²) in [4.78, 5) is 12.8. The van der Waals surface area contributed by atoms with Gasteiger partial charge in [0.25, 0.3) is 0 Å². The number of rotatable bonds is 6. The van der Waals surface area contributed by atoms with Gasteiger partial charge in [-0.1, -0.05) is 0 Å². The fraction of sp³-hybridized carbons (Fsp3) is 0.500. The van der Waals surface area contributed by atoms with Gasteiger partial charge in [-0.3, -0.25) is 4.90 Å². The minimum atomic E-state index is -0.933. The molecule has 0 aromatic carbocycles. The smallest absolute Gasteiger partial charge is 0.339 e. The van der Waals surface area contributed by atoms with Crippen molar-refractivity contribution in [3.63, 3.8) is 0 Å². The van der Waals surface area contributed by atoms with Crippen LogP contribution in [0.3, 0.4) is 0 Å². The molecular weight excluding hydrogens is 214 g/mol. The number of furan rings is 1. The Morgan fingerprint density at radius 3 is 3.00 bits per heavy atom. The van der Waals surface area contributed by atoms with Gasteiger partial charge in [-0.15, -0.1) is 0 Å². The van der Waals surface area contributed by atoms with E-state index in [2.05, 4.69) is 0 Å². The Kier molecular flexibility index (Phi) is 4.71. The molecule has 0 amide bonds. The van der Waals surface area contributed by atoms with E-state index in [1.165, 1.54) is 12.3 Å². The van der Waals surface area contributed by atoms with E-state index in [0.717, 1.165) is 12.3 Å². The van der Waals surface area contributed by atoms with Crippen LogP contribution in [0.4, 0.5) is 0 Å². The van der Waals surface area contributed by atoms with Crippen LogP contribution in [-0.2, 0) is 6.54 Å². The summed E-state index contributed by atoms with van der Waals surface area (Å²) in [6.45, 7) is 1.45. The summed E-state index contributed by atoms with van der Waals surface area (Å²) in [5.74, 6) is 0.614. The molecule has 1 rings (SSSR count). The van der Waals surface area contributed by atoms with Crippen LogP contribution in [0.25, 0.3) is 0 Å². The molecule has 0 fully saturated rings. The van der Waals surface area contributed by atoms with E-state index in [-0.39, 0.29) is 5.56 Å². The first kappa shape index (κ1) is 12.1. The zero-order valence-corrected chi connectivity index (χ0v) is 9.71. The number of thioether (sulfide) groups is 1. The van der Waals surface area contributed by atoms with Crippen LogP contribution < -0.4 is 0 Å². The van der Waals surface area contributed by atoms with Crippen LogP contribution in [-0.4, -0.2) is 41.6 Å². The molecule has 15 heavy (non-hydrogen) atoms. The second kappa shape index (κ2) is 5.82. The molecule has 4 nitrogen and oxygen atoms in total. The predicted octanol–water partition coefficient (Wildman–Crippen LogP) is 1.77.